The van der Waals surface area contributed by atoms with Gasteiger partial charge in [0.15, 0.2) is 5.78 Å². The number of aryl methyl sites for hydroxylation is 1. The summed E-state index contributed by atoms with van der Waals surface area (Å²) in [4.78, 5) is 25.2. The van der Waals surface area contributed by atoms with Crippen molar-refractivity contribution in [1.29, 1.82) is 0 Å². The Kier molecular flexibility index (Phi) is 4.40. The first-order valence-corrected chi connectivity index (χ1v) is 7.79. The first-order valence-electron chi connectivity index (χ1n) is 7.79. The number of nitrogens with two attached hydrogens (primary N) is 1. The van der Waals surface area contributed by atoms with Crippen molar-refractivity contribution in [3.8, 4) is 0 Å². The molecule has 1 aliphatic heterocycles. The average Bonchev–Trinajstić information content (AvgIpc) is 2.55. The SMILES string of the molecule is Cc1cnc(C(=O)Cc2cccc(C3(C)COCC(N)=N3)c2)cn1. The number of ether oxygens (including phenoxy) is 1. The molecule has 1 atom stereocenters. The molecule has 2 heterocycles. The van der Waals surface area contributed by atoms with Crippen LogP contribution in [0, 0.1) is 6.92 Å². The van der Waals surface area contributed by atoms with Crippen LogP contribution in [0.5, 0.6) is 0 Å². The summed E-state index contributed by atoms with van der Waals surface area (Å²) in [5.41, 5.74) is 8.33. The van der Waals surface area contributed by atoms with Crippen molar-refractivity contribution in [3.05, 3.63) is 59.2 Å². The smallest absolute Gasteiger partial charge is 0.187 e. The van der Waals surface area contributed by atoms with E-state index in [1.54, 1.807) is 6.20 Å². The van der Waals surface area contributed by atoms with Gasteiger partial charge in [0.05, 0.1) is 18.5 Å². The highest BCUT2D eigenvalue weighted by Gasteiger charge is 2.30. The molecule has 124 valence electrons. The van der Waals surface area contributed by atoms with Crippen LogP contribution < -0.4 is 5.73 Å². The molecule has 0 radical (unpaired) electrons. The zero-order valence-corrected chi connectivity index (χ0v) is 13.8. The number of benzene rings is 1. The molecule has 0 spiro atoms. The van der Waals surface area contributed by atoms with Gasteiger partial charge in [0, 0.05) is 12.6 Å². The summed E-state index contributed by atoms with van der Waals surface area (Å²) < 4.78 is 5.51. The van der Waals surface area contributed by atoms with Gasteiger partial charge in [0.2, 0.25) is 0 Å². The number of nitrogens with zero attached hydrogens (tertiary/aromatic N) is 3. The number of rotatable bonds is 4. The molecule has 24 heavy (non-hydrogen) atoms. The Balaban J connectivity index is 1.82. The molecule has 0 aliphatic carbocycles. The highest BCUT2D eigenvalue weighted by atomic mass is 16.5. The molecular weight excluding hydrogens is 304 g/mol. The predicted molar refractivity (Wildman–Crippen MR) is 91.0 cm³/mol. The Morgan fingerprint density at radius 3 is 2.88 bits per heavy atom. The number of aliphatic imine (C=N–C) groups is 1. The summed E-state index contributed by atoms with van der Waals surface area (Å²) in [6, 6.07) is 7.80. The van der Waals surface area contributed by atoms with Crippen molar-refractivity contribution in [1.82, 2.24) is 9.97 Å². The maximum Gasteiger partial charge on any atom is 0.187 e. The predicted octanol–water partition coefficient (Wildman–Crippen LogP) is 1.81. The van der Waals surface area contributed by atoms with Crippen LogP contribution in [0.25, 0.3) is 0 Å². The monoisotopic (exact) mass is 324 g/mol. The minimum atomic E-state index is -0.523. The van der Waals surface area contributed by atoms with Crippen LogP contribution in [-0.2, 0) is 16.7 Å². The van der Waals surface area contributed by atoms with Gasteiger partial charge in [-0.2, -0.15) is 0 Å². The van der Waals surface area contributed by atoms with E-state index in [1.807, 2.05) is 38.1 Å². The maximum atomic E-state index is 12.4. The molecular formula is C18H20N4O2. The minimum absolute atomic E-state index is 0.0623. The maximum absolute atomic E-state index is 12.4. The molecule has 1 aromatic carbocycles. The van der Waals surface area contributed by atoms with Crippen LogP contribution in [0.3, 0.4) is 0 Å². The van der Waals surface area contributed by atoms with E-state index in [1.165, 1.54) is 6.20 Å². The molecule has 1 unspecified atom stereocenters. The Morgan fingerprint density at radius 1 is 1.33 bits per heavy atom. The number of carbonyl (C=O) groups is 1. The number of aromatic nitrogens is 2. The second-order valence-corrected chi connectivity index (χ2v) is 6.21. The van der Waals surface area contributed by atoms with Gasteiger partial charge >= 0.3 is 0 Å². The van der Waals surface area contributed by atoms with Gasteiger partial charge in [-0.05, 0) is 25.0 Å². The molecule has 2 aromatic rings. The molecule has 1 aliphatic rings. The Hall–Kier alpha value is -2.60. The van der Waals surface area contributed by atoms with Gasteiger partial charge in [-0.3, -0.25) is 14.8 Å². The summed E-state index contributed by atoms with van der Waals surface area (Å²) in [6.45, 7) is 4.64. The first kappa shape index (κ1) is 16.3. The highest BCUT2D eigenvalue weighted by molar-refractivity contribution is 5.95. The quantitative estimate of drug-likeness (QED) is 0.866. The molecule has 1 aromatic heterocycles. The summed E-state index contributed by atoms with van der Waals surface area (Å²) >= 11 is 0. The van der Waals surface area contributed by atoms with Crippen LogP contribution in [0.1, 0.15) is 34.2 Å². The fraction of sp³-hybridized carbons (Fsp3) is 0.333. The lowest BCUT2D eigenvalue weighted by atomic mass is 9.90. The zero-order chi connectivity index (χ0) is 17.2. The second-order valence-electron chi connectivity index (χ2n) is 6.21. The van der Waals surface area contributed by atoms with E-state index < -0.39 is 5.54 Å². The molecule has 0 fully saturated rings. The summed E-state index contributed by atoms with van der Waals surface area (Å²) in [6.07, 6.45) is 3.38. The van der Waals surface area contributed by atoms with E-state index in [4.69, 9.17) is 10.5 Å². The Morgan fingerprint density at radius 2 is 2.17 bits per heavy atom. The van der Waals surface area contributed by atoms with E-state index in [0.29, 0.717) is 24.7 Å². The standard InChI is InChI=1S/C18H20N4O2/c1-12-8-21-15(9-20-12)16(23)7-13-4-3-5-14(6-13)18(2)11-24-10-17(19)22-18/h3-6,8-9H,7,10-11H2,1-2H3,(H2,19,22). The van der Waals surface area contributed by atoms with Crippen LogP contribution in [-0.4, -0.2) is 34.8 Å². The van der Waals surface area contributed by atoms with Gasteiger partial charge in [0.1, 0.15) is 23.7 Å². The summed E-state index contributed by atoms with van der Waals surface area (Å²) in [5, 5.41) is 0. The number of hydrogen-bond donors (Lipinski definition) is 1. The van der Waals surface area contributed by atoms with Crippen LogP contribution >= 0.6 is 0 Å². The van der Waals surface area contributed by atoms with Crippen molar-refractivity contribution in [3.63, 3.8) is 0 Å². The summed E-state index contributed by atoms with van der Waals surface area (Å²) in [5.74, 6) is 0.424. The number of amidine groups is 1. The van der Waals surface area contributed by atoms with Crippen molar-refractivity contribution in [2.75, 3.05) is 13.2 Å². The normalized spacial score (nSPS) is 20.5. The zero-order valence-electron chi connectivity index (χ0n) is 13.8. The lowest BCUT2D eigenvalue weighted by Crippen LogP contribution is -2.37. The van der Waals surface area contributed by atoms with Gasteiger partial charge in [-0.15, -0.1) is 0 Å². The number of carbonyl (C=O) groups excluding carboxylic acids is 1. The molecule has 0 bridgehead atoms. The summed E-state index contributed by atoms with van der Waals surface area (Å²) in [7, 11) is 0. The van der Waals surface area contributed by atoms with E-state index >= 15 is 0 Å². The van der Waals surface area contributed by atoms with E-state index in [0.717, 1.165) is 16.8 Å². The van der Waals surface area contributed by atoms with Gasteiger partial charge < -0.3 is 10.5 Å². The van der Waals surface area contributed by atoms with Gasteiger partial charge in [0.25, 0.3) is 0 Å². The second kappa shape index (κ2) is 6.49. The van der Waals surface area contributed by atoms with Crippen LogP contribution in [0.2, 0.25) is 0 Å². The van der Waals surface area contributed by atoms with E-state index in [9.17, 15) is 4.79 Å². The molecule has 3 rings (SSSR count). The largest absolute Gasteiger partial charge is 0.386 e. The van der Waals surface area contributed by atoms with Crippen LogP contribution in [0.4, 0.5) is 0 Å². The molecule has 0 amide bonds. The van der Waals surface area contributed by atoms with Gasteiger partial charge in [-0.25, -0.2) is 4.98 Å². The third kappa shape index (κ3) is 3.49. The lowest BCUT2D eigenvalue weighted by molar-refractivity contribution is 0.0987. The third-order valence-corrected chi connectivity index (χ3v) is 4.00. The molecule has 2 N–H and O–H groups in total. The number of ketones is 1. The fourth-order valence-electron chi connectivity index (χ4n) is 2.71. The van der Waals surface area contributed by atoms with Gasteiger partial charge in [-0.1, -0.05) is 24.3 Å². The van der Waals surface area contributed by atoms with Crippen molar-refractivity contribution >= 4 is 11.6 Å². The van der Waals surface area contributed by atoms with Crippen molar-refractivity contribution < 1.29 is 9.53 Å². The number of Topliss-reactive ketones (excluding diaryl/α,β-unsaturated/α-hetero) is 1. The molecule has 0 saturated carbocycles. The van der Waals surface area contributed by atoms with Crippen molar-refractivity contribution in [2.24, 2.45) is 10.7 Å². The fourth-order valence-corrected chi connectivity index (χ4v) is 2.71. The van der Waals surface area contributed by atoms with Crippen molar-refractivity contribution in [2.45, 2.75) is 25.8 Å². The average molecular weight is 324 g/mol. The molecule has 6 nitrogen and oxygen atoms in total. The minimum Gasteiger partial charge on any atom is -0.386 e. The molecule has 6 heteroatoms. The Labute approximate surface area is 140 Å². The van der Waals surface area contributed by atoms with E-state index in [2.05, 4.69) is 15.0 Å². The lowest BCUT2D eigenvalue weighted by Gasteiger charge is -2.30. The van der Waals surface area contributed by atoms with Crippen LogP contribution in [0.15, 0.2) is 41.7 Å². The Bertz CT molecular complexity index is 786. The number of hydrogen-bond acceptors (Lipinski definition) is 6. The van der Waals surface area contributed by atoms with E-state index in [-0.39, 0.29) is 12.2 Å². The topological polar surface area (TPSA) is 90.5 Å². The third-order valence-electron chi connectivity index (χ3n) is 4.00. The highest BCUT2D eigenvalue weighted by Crippen LogP contribution is 2.29. The first-order chi connectivity index (χ1) is 11.5. The molecule has 0 saturated heterocycles.